The number of rotatable bonds is 9. The Balaban J connectivity index is 1.70. The molecule has 0 atom stereocenters. The van der Waals surface area contributed by atoms with Gasteiger partial charge in [0.2, 0.25) is 0 Å². The normalized spacial score (nSPS) is 10.3. The van der Waals surface area contributed by atoms with E-state index >= 15 is 0 Å². The molecule has 8 heteroatoms. The van der Waals surface area contributed by atoms with E-state index in [1.807, 2.05) is 25.1 Å². The minimum absolute atomic E-state index is 0.256. The Bertz CT molecular complexity index is 1090. The fraction of sp³-hybridized carbons (Fsp3) is 0.208. The molecule has 0 unspecified atom stereocenters. The Labute approximate surface area is 195 Å². The molecular weight excluding hydrogens is 474 g/mol. The Morgan fingerprint density at radius 1 is 1.03 bits per heavy atom. The van der Waals surface area contributed by atoms with E-state index in [9.17, 15) is 9.59 Å². The average molecular weight is 498 g/mol. The van der Waals surface area contributed by atoms with Crippen molar-refractivity contribution < 1.29 is 19.1 Å². The molecule has 0 radical (unpaired) electrons. The van der Waals surface area contributed by atoms with E-state index in [0.29, 0.717) is 45.9 Å². The summed E-state index contributed by atoms with van der Waals surface area (Å²) in [6.45, 7) is 2.86. The van der Waals surface area contributed by atoms with E-state index in [1.165, 1.54) is 7.11 Å². The lowest BCUT2D eigenvalue weighted by molar-refractivity contribution is 0.0949. The van der Waals surface area contributed by atoms with Gasteiger partial charge in [-0.1, -0.05) is 19.1 Å². The zero-order chi connectivity index (χ0) is 22.9. The number of ether oxygens (including phenoxy) is 2. The summed E-state index contributed by atoms with van der Waals surface area (Å²) in [5.41, 5.74) is 2.08. The Hall–Kier alpha value is -3.39. The number of nitrogens with one attached hydrogen (secondary N) is 2. The summed E-state index contributed by atoms with van der Waals surface area (Å²) in [6.07, 6.45) is 2.52. The Morgan fingerprint density at radius 2 is 1.88 bits per heavy atom. The standard InChI is InChI=1S/C24H24BrN3O4/c1-3-11-32-22-20(25)13-17(14-21(22)31-2)24(30)28-18-9-6-7-16(12-18)23(29)27-15-19-8-4-5-10-26-19/h4-10,12-14H,3,11,15H2,1-2H3,(H,27,29)(H,28,30). The van der Waals surface area contributed by atoms with Crippen molar-refractivity contribution >= 4 is 33.4 Å². The van der Waals surface area contributed by atoms with Crippen LogP contribution in [0.15, 0.2) is 65.3 Å². The fourth-order valence-electron chi connectivity index (χ4n) is 2.91. The second-order valence-electron chi connectivity index (χ2n) is 6.88. The maximum Gasteiger partial charge on any atom is 0.255 e. The van der Waals surface area contributed by atoms with Gasteiger partial charge in [0.15, 0.2) is 11.5 Å². The van der Waals surface area contributed by atoms with Gasteiger partial charge in [-0.3, -0.25) is 14.6 Å². The van der Waals surface area contributed by atoms with Crippen LogP contribution in [0.25, 0.3) is 0 Å². The summed E-state index contributed by atoms with van der Waals surface area (Å²) < 4.78 is 11.7. The van der Waals surface area contributed by atoms with Crippen LogP contribution in [0.4, 0.5) is 5.69 Å². The summed E-state index contributed by atoms with van der Waals surface area (Å²) in [5.74, 6) is 0.420. The molecule has 0 aliphatic rings. The van der Waals surface area contributed by atoms with Gasteiger partial charge in [-0.15, -0.1) is 0 Å². The number of methoxy groups -OCH3 is 1. The molecule has 0 spiro atoms. The first kappa shape index (κ1) is 23.3. The highest BCUT2D eigenvalue weighted by Gasteiger charge is 2.16. The van der Waals surface area contributed by atoms with Crippen LogP contribution in [0.5, 0.6) is 11.5 Å². The van der Waals surface area contributed by atoms with E-state index in [1.54, 1.807) is 42.6 Å². The molecule has 1 aromatic heterocycles. The molecule has 0 saturated carbocycles. The highest BCUT2D eigenvalue weighted by atomic mass is 79.9. The molecule has 166 valence electrons. The monoisotopic (exact) mass is 497 g/mol. The molecule has 7 nitrogen and oxygen atoms in total. The highest BCUT2D eigenvalue weighted by Crippen LogP contribution is 2.37. The van der Waals surface area contributed by atoms with Crippen molar-refractivity contribution in [3.05, 3.63) is 82.1 Å². The molecule has 0 bridgehead atoms. The third-order valence-electron chi connectivity index (χ3n) is 4.48. The van der Waals surface area contributed by atoms with E-state index < -0.39 is 0 Å². The predicted octanol–water partition coefficient (Wildman–Crippen LogP) is 4.82. The van der Waals surface area contributed by atoms with Crippen molar-refractivity contribution in [2.45, 2.75) is 19.9 Å². The first-order valence-electron chi connectivity index (χ1n) is 10.1. The fourth-order valence-corrected chi connectivity index (χ4v) is 3.47. The second kappa shape index (κ2) is 11.3. The van der Waals surface area contributed by atoms with Gasteiger partial charge in [0.1, 0.15) is 0 Å². The van der Waals surface area contributed by atoms with Gasteiger partial charge in [-0.05, 0) is 64.8 Å². The Morgan fingerprint density at radius 3 is 2.59 bits per heavy atom. The summed E-state index contributed by atoms with van der Waals surface area (Å²) in [6, 6.07) is 15.5. The van der Waals surface area contributed by atoms with Crippen molar-refractivity contribution in [2.24, 2.45) is 0 Å². The topological polar surface area (TPSA) is 89.5 Å². The maximum atomic E-state index is 12.8. The molecule has 2 aromatic carbocycles. The smallest absolute Gasteiger partial charge is 0.255 e. The number of pyridine rings is 1. The number of carbonyl (C=O) groups is 2. The molecule has 0 fully saturated rings. The van der Waals surface area contributed by atoms with Crippen LogP contribution in [-0.4, -0.2) is 30.5 Å². The lowest BCUT2D eigenvalue weighted by Crippen LogP contribution is -2.23. The van der Waals surface area contributed by atoms with Crippen LogP contribution in [0.1, 0.15) is 39.8 Å². The average Bonchev–Trinajstić information content (AvgIpc) is 2.82. The first-order valence-corrected chi connectivity index (χ1v) is 10.9. The second-order valence-corrected chi connectivity index (χ2v) is 7.73. The van der Waals surface area contributed by atoms with Crippen molar-refractivity contribution in [1.29, 1.82) is 0 Å². The zero-order valence-corrected chi connectivity index (χ0v) is 19.4. The molecule has 32 heavy (non-hydrogen) atoms. The van der Waals surface area contributed by atoms with E-state index in [-0.39, 0.29) is 11.8 Å². The van der Waals surface area contributed by atoms with Crippen molar-refractivity contribution in [3.63, 3.8) is 0 Å². The van der Waals surface area contributed by atoms with E-state index in [2.05, 4.69) is 31.5 Å². The summed E-state index contributed by atoms with van der Waals surface area (Å²) in [7, 11) is 1.52. The molecule has 0 saturated heterocycles. The highest BCUT2D eigenvalue weighted by molar-refractivity contribution is 9.10. The van der Waals surface area contributed by atoms with Crippen LogP contribution in [0.2, 0.25) is 0 Å². The number of carbonyl (C=O) groups excluding carboxylic acids is 2. The lowest BCUT2D eigenvalue weighted by atomic mass is 10.1. The van der Waals surface area contributed by atoms with Gasteiger partial charge < -0.3 is 20.1 Å². The van der Waals surface area contributed by atoms with Crippen LogP contribution in [0.3, 0.4) is 0 Å². The van der Waals surface area contributed by atoms with Crippen LogP contribution < -0.4 is 20.1 Å². The largest absolute Gasteiger partial charge is 0.493 e. The minimum atomic E-state index is -0.336. The number of hydrogen-bond donors (Lipinski definition) is 2. The number of anilines is 1. The predicted molar refractivity (Wildman–Crippen MR) is 126 cm³/mol. The SMILES string of the molecule is CCCOc1c(Br)cc(C(=O)Nc2cccc(C(=O)NCc3ccccn3)c2)cc1OC. The van der Waals surface area contributed by atoms with E-state index in [4.69, 9.17) is 9.47 Å². The zero-order valence-electron chi connectivity index (χ0n) is 17.9. The number of nitrogens with zero attached hydrogens (tertiary/aromatic N) is 1. The van der Waals surface area contributed by atoms with Gasteiger partial charge in [0.25, 0.3) is 11.8 Å². The lowest BCUT2D eigenvalue weighted by Gasteiger charge is -2.14. The molecule has 2 N–H and O–H groups in total. The minimum Gasteiger partial charge on any atom is -0.493 e. The Kier molecular flexibility index (Phi) is 8.21. The molecule has 0 aliphatic carbocycles. The number of halogens is 1. The number of aromatic nitrogens is 1. The summed E-state index contributed by atoms with van der Waals surface area (Å²) in [4.78, 5) is 29.5. The van der Waals surface area contributed by atoms with Gasteiger partial charge in [0, 0.05) is 23.0 Å². The third-order valence-corrected chi connectivity index (χ3v) is 5.07. The van der Waals surface area contributed by atoms with Crippen LogP contribution >= 0.6 is 15.9 Å². The van der Waals surface area contributed by atoms with Crippen molar-refractivity contribution in [3.8, 4) is 11.5 Å². The van der Waals surface area contributed by atoms with Crippen molar-refractivity contribution in [1.82, 2.24) is 10.3 Å². The van der Waals surface area contributed by atoms with E-state index in [0.717, 1.165) is 12.1 Å². The number of hydrogen-bond acceptors (Lipinski definition) is 5. The van der Waals surface area contributed by atoms with Gasteiger partial charge in [-0.25, -0.2) is 0 Å². The van der Waals surface area contributed by atoms with Crippen molar-refractivity contribution in [2.75, 3.05) is 19.0 Å². The molecule has 3 aromatic rings. The molecule has 2 amide bonds. The molecule has 3 rings (SSSR count). The molecule has 0 aliphatic heterocycles. The molecular formula is C24H24BrN3O4. The van der Waals surface area contributed by atoms with Gasteiger partial charge in [-0.2, -0.15) is 0 Å². The van der Waals surface area contributed by atoms with Crippen LogP contribution in [-0.2, 0) is 6.54 Å². The summed E-state index contributed by atoms with van der Waals surface area (Å²) in [5, 5.41) is 5.64. The van der Waals surface area contributed by atoms with Gasteiger partial charge in [0.05, 0.1) is 30.4 Å². The maximum absolute atomic E-state index is 12.8. The van der Waals surface area contributed by atoms with Gasteiger partial charge >= 0.3 is 0 Å². The number of benzene rings is 2. The summed E-state index contributed by atoms with van der Waals surface area (Å²) >= 11 is 3.45. The van der Waals surface area contributed by atoms with Crippen LogP contribution in [0, 0.1) is 0 Å². The molecule has 1 heterocycles. The quantitative estimate of drug-likeness (QED) is 0.442. The first-order chi connectivity index (χ1) is 15.5. The third kappa shape index (κ3) is 6.07. The number of amides is 2.